The second-order valence-corrected chi connectivity index (χ2v) is 11.7. The summed E-state index contributed by atoms with van der Waals surface area (Å²) in [6.07, 6.45) is 5.47. The van der Waals surface area contributed by atoms with Crippen molar-refractivity contribution in [3.05, 3.63) is 89.6 Å². The van der Waals surface area contributed by atoms with Gasteiger partial charge in [-0.3, -0.25) is 9.59 Å². The van der Waals surface area contributed by atoms with E-state index < -0.39 is 0 Å². The number of ether oxygens (including phenoxy) is 2. The molecule has 1 spiro atoms. The largest absolute Gasteiger partial charge is 0.492 e. The number of fused-ring (bicyclic) bond motifs is 1. The van der Waals surface area contributed by atoms with E-state index in [0.29, 0.717) is 69.2 Å². The second-order valence-electron chi connectivity index (χ2n) is 11.7. The number of hydrogen-bond donors (Lipinski definition) is 0. The fourth-order valence-corrected chi connectivity index (χ4v) is 6.14. The summed E-state index contributed by atoms with van der Waals surface area (Å²) in [5, 5.41) is 9.30. The third kappa shape index (κ3) is 7.74. The van der Waals surface area contributed by atoms with Crippen LogP contribution in [0.2, 0.25) is 0 Å². The number of likely N-dealkylation sites (tertiary alicyclic amines) is 1. The number of methoxy groups -OCH3 is 1. The Kier molecular flexibility index (Phi) is 10.5. The Hall–Kier alpha value is -4.42. The highest BCUT2D eigenvalue weighted by atomic mass is 16.5. The number of nitriles is 1. The Labute approximate surface area is 260 Å². The second kappa shape index (κ2) is 14.8. The molecule has 5 rings (SSSR count). The molecule has 2 aliphatic heterocycles. The van der Waals surface area contributed by atoms with Crippen molar-refractivity contribution < 1.29 is 19.1 Å². The molecule has 2 aromatic carbocycles. The first-order chi connectivity index (χ1) is 21.5. The molecule has 3 heterocycles. The van der Waals surface area contributed by atoms with Crippen LogP contribution in [0.25, 0.3) is 0 Å². The number of nitrogens with zero attached hydrogens (tertiary/aromatic N) is 5. The first kappa shape index (κ1) is 31.0. The summed E-state index contributed by atoms with van der Waals surface area (Å²) in [5.41, 5.74) is 1.99. The number of aromatic nitrogens is 1. The fraction of sp³-hybridized carbons (Fsp3) is 0.429. The molecule has 0 atom stereocenters. The molecule has 0 unspecified atom stereocenters. The van der Waals surface area contributed by atoms with E-state index in [9.17, 15) is 14.9 Å². The first-order valence-electron chi connectivity index (χ1n) is 15.4. The van der Waals surface area contributed by atoms with Crippen LogP contribution < -0.4 is 9.64 Å². The summed E-state index contributed by atoms with van der Waals surface area (Å²) >= 11 is 0. The van der Waals surface area contributed by atoms with Crippen LogP contribution in [-0.4, -0.2) is 79.6 Å². The molecule has 1 aromatic heterocycles. The van der Waals surface area contributed by atoms with Crippen molar-refractivity contribution in [3.63, 3.8) is 0 Å². The van der Waals surface area contributed by atoms with Crippen LogP contribution in [-0.2, 0) is 16.1 Å². The summed E-state index contributed by atoms with van der Waals surface area (Å²) in [5.74, 6) is 1.43. The zero-order valence-corrected chi connectivity index (χ0v) is 25.5. The van der Waals surface area contributed by atoms with E-state index in [1.807, 2.05) is 70.5 Å². The topological polar surface area (TPSA) is 99.0 Å². The fourth-order valence-electron chi connectivity index (χ4n) is 6.14. The van der Waals surface area contributed by atoms with Crippen LogP contribution in [0, 0.1) is 16.7 Å². The van der Waals surface area contributed by atoms with Crippen molar-refractivity contribution in [1.82, 2.24) is 14.8 Å². The van der Waals surface area contributed by atoms with Gasteiger partial charge in [0.05, 0.1) is 30.8 Å². The predicted octanol–water partition coefficient (Wildman–Crippen LogP) is 4.92. The van der Waals surface area contributed by atoms with Crippen molar-refractivity contribution in [2.75, 3.05) is 57.9 Å². The lowest BCUT2D eigenvalue weighted by molar-refractivity contribution is -0.135. The Morgan fingerprint density at radius 2 is 1.75 bits per heavy atom. The monoisotopic (exact) mass is 595 g/mol. The third-order valence-electron chi connectivity index (χ3n) is 8.83. The highest BCUT2D eigenvalue weighted by molar-refractivity contribution is 5.97. The Bertz CT molecular complexity index is 1430. The molecular weight excluding hydrogens is 554 g/mol. The van der Waals surface area contributed by atoms with E-state index in [4.69, 9.17) is 9.47 Å². The van der Waals surface area contributed by atoms with Gasteiger partial charge in [-0.15, -0.1) is 0 Å². The van der Waals surface area contributed by atoms with Crippen molar-refractivity contribution in [3.8, 4) is 11.8 Å². The van der Waals surface area contributed by atoms with Gasteiger partial charge in [-0.05, 0) is 55.5 Å². The Balaban J connectivity index is 1.43. The number of benzene rings is 2. The van der Waals surface area contributed by atoms with Gasteiger partial charge in [0.25, 0.3) is 5.91 Å². The first-order valence-corrected chi connectivity index (χ1v) is 15.4. The van der Waals surface area contributed by atoms with Crippen LogP contribution in [0.15, 0.2) is 72.9 Å². The number of carbonyl (C=O) groups excluding carboxylic acids is 2. The molecule has 44 heavy (non-hydrogen) atoms. The lowest BCUT2D eigenvalue weighted by Gasteiger charge is -2.42. The van der Waals surface area contributed by atoms with Crippen molar-refractivity contribution >= 4 is 17.6 Å². The zero-order valence-electron chi connectivity index (χ0n) is 25.5. The molecule has 0 bridgehead atoms. The minimum Gasteiger partial charge on any atom is -0.492 e. The predicted molar refractivity (Wildman–Crippen MR) is 168 cm³/mol. The number of piperidine rings is 1. The van der Waals surface area contributed by atoms with Crippen molar-refractivity contribution in [2.24, 2.45) is 5.41 Å². The number of hydrogen-bond acceptors (Lipinski definition) is 7. The van der Waals surface area contributed by atoms with E-state index in [2.05, 4.69) is 16.0 Å². The van der Waals surface area contributed by atoms with Gasteiger partial charge in [0.1, 0.15) is 17.6 Å². The van der Waals surface area contributed by atoms with Gasteiger partial charge in [0, 0.05) is 58.0 Å². The summed E-state index contributed by atoms with van der Waals surface area (Å²) in [4.78, 5) is 37.5. The molecule has 9 nitrogen and oxygen atoms in total. The maximum absolute atomic E-state index is 14.2. The summed E-state index contributed by atoms with van der Waals surface area (Å²) < 4.78 is 11.7. The molecule has 2 amide bonds. The van der Waals surface area contributed by atoms with Crippen LogP contribution in [0.5, 0.6) is 5.75 Å². The normalized spacial score (nSPS) is 17.5. The molecule has 3 aromatic rings. The number of carbonyl (C=O) groups is 2. The SMILES string of the molecule is COCCC(=O)N1CCC2(CCCN(c3ccc(C#N)cn3)CCN(Cc3ccccc3)C(=O)c3ccccc3OC2)CC1. The molecule has 230 valence electrons. The summed E-state index contributed by atoms with van der Waals surface area (Å²) in [6, 6.07) is 23.4. The lowest BCUT2D eigenvalue weighted by Crippen LogP contribution is -2.46. The van der Waals surface area contributed by atoms with E-state index in [1.165, 1.54) is 0 Å². The smallest absolute Gasteiger partial charge is 0.257 e. The quantitative estimate of drug-likeness (QED) is 0.399. The van der Waals surface area contributed by atoms with Gasteiger partial charge in [-0.2, -0.15) is 5.26 Å². The number of amides is 2. The van der Waals surface area contributed by atoms with Gasteiger partial charge < -0.3 is 24.2 Å². The molecule has 0 saturated carbocycles. The summed E-state index contributed by atoms with van der Waals surface area (Å²) in [6.45, 7) is 4.57. The van der Waals surface area contributed by atoms with E-state index >= 15 is 0 Å². The molecule has 0 N–H and O–H groups in total. The van der Waals surface area contributed by atoms with Crippen molar-refractivity contribution in [1.29, 1.82) is 5.26 Å². The van der Waals surface area contributed by atoms with Gasteiger partial charge in [0.15, 0.2) is 0 Å². The number of anilines is 1. The molecule has 0 aliphatic carbocycles. The maximum Gasteiger partial charge on any atom is 0.257 e. The average molecular weight is 596 g/mol. The van der Waals surface area contributed by atoms with E-state index in [0.717, 1.165) is 43.6 Å². The van der Waals surface area contributed by atoms with Gasteiger partial charge in [-0.1, -0.05) is 42.5 Å². The number of rotatable bonds is 6. The standard InChI is InChI=1S/C35H41N5O4/c1-43-23-14-33(41)39-19-16-35(17-20-39)15-7-18-38(32-13-12-29(24-36)25-37-32)21-22-40(26-28-8-3-2-4-9-28)34(42)30-10-5-6-11-31(30)44-27-35/h2-6,8-13,25H,7,14-23,26-27H2,1H3. The minimum absolute atomic E-state index is 0.0796. The summed E-state index contributed by atoms with van der Waals surface area (Å²) in [7, 11) is 1.61. The molecule has 1 saturated heterocycles. The lowest BCUT2D eigenvalue weighted by atomic mass is 9.75. The molecule has 2 aliphatic rings. The average Bonchev–Trinajstić information content (AvgIpc) is 3.08. The minimum atomic E-state index is -0.129. The number of pyridine rings is 1. The van der Waals surface area contributed by atoms with Crippen LogP contribution in [0.4, 0.5) is 5.82 Å². The third-order valence-corrected chi connectivity index (χ3v) is 8.83. The molecule has 1 fully saturated rings. The van der Waals surface area contributed by atoms with Gasteiger partial charge >= 0.3 is 0 Å². The van der Waals surface area contributed by atoms with Crippen molar-refractivity contribution in [2.45, 2.75) is 38.6 Å². The highest BCUT2D eigenvalue weighted by Crippen LogP contribution is 2.38. The van der Waals surface area contributed by atoms with E-state index in [-0.39, 0.29) is 17.2 Å². The van der Waals surface area contributed by atoms with Crippen LogP contribution >= 0.6 is 0 Å². The molecule has 9 heteroatoms. The highest BCUT2D eigenvalue weighted by Gasteiger charge is 2.37. The number of para-hydroxylation sites is 1. The zero-order chi connectivity index (χ0) is 30.8. The maximum atomic E-state index is 14.2. The van der Waals surface area contributed by atoms with Gasteiger partial charge in [-0.25, -0.2) is 4.98 Å². The Morgan fingerprint density at radius 3 is 2.48 bits per heavy atom. The van der Waals surface area contributed by atoms with Crippen LogP contribution in [0.3, 0.4) is 0 Å². The Morgan fingerprint density at radius 1 is 0.977 bits per heavy atom. The van der Waals surface area contributed by atoms with Crippen LogP contribution in [0.1, 0.15) is 53.6 Å². The van der Waals surface area contributed by atoms with Gasteiger partial charge in [0.2, 0.25) is 5.91 Å². The van der Waals surface area contributed by atoms with E-state index in [1.54, 1.807) is 19.4 Å². The molecule has 0 radical (unpaired) electrons. The molecular formula is C35H41N5O4.